The lowest BCUT2D eigenvalue weighted by molar-refractivity contribution is -0.131. The number of amides is 2. The number of piperidine rings is 2. The first kappa shape index (κ1) is 34.6. The van der Waals surface area contributed by atoms with Gasteiger partial charge in [-0.2, -0.15) is 0 Å². The van der Waals surface area contributed by atoms with Crippen molar-refractivity contribution in [3.05, 3.63) is 68.9 Å². The van der Waals surface area contributed by atoms with Gasteiger partial charge in [0.25, 0.3) is 0 Å². The van der Waals surface area contributed by atoms with Crippen molar-refractivity contribution in [2.24, 2.45) is 5.73 Å². The van der Waals surface area contributed by atoms with Crippen molar-refractivity contribution < 1.29 is 9.59 Å². The molecule has 2 saturated heterocycles. The predicted molar refractivity (Wildman–Crippen MR) is 183 cm³/mol. The molecule has 2 aliphatic rings. The molecule has 0 radical (unpaired) electrons. The van der Waals surface area contributed by atoms with E-state index >= 15 is 0 Å². The minimum absolute atomic E-state index is 0.0230. The zero-order valence-corrected chi connectivity index (χ0v) is 27.6. The molecular formula is C30H37Cl4N9O2. The highest BCUT2D eigenvalue weighted by Gasteiger charge is 2.24. The van der Waals surface area contributed by atoms with Crippen LogP contribution >= 0.6 is 46.4 Å². The molecule has 2 aliphatic heterocycles. The van der Waals surface area contributed by atoms with Crippen LogP contribution in [-0.4, -0.2) is 82.9 Å². The number of nitrogens with zero attached hydrogens (tertiary/aromatic N) is 4. The maximum atomic E-state index is 12.5. The smallest absolute Gasteiger partial charge is 0.241 e. The lowest BCUT2D eigenvalue weighted by atomic mass is 10.1. The number of benzene rings is 2. The fourth-order valence-electron chi connectivity index (χ4n) is 5.11. The van der Waals surface area contributed by atoms with Gasteiger partial charge in [-0.05, 0) is 62.1 Å². The van der Waals surface area contributed by atoms with Crippen LogP contribution in [0.25, 0.3) is 0 Å². The number of hydrogen-bond donors (Lipinski definition) is 5. The van der Waals surface area contributed by atoms with Crippen molar-refractivity contribution >= 4 is 81.2 Å². The number of carbonyl (C=O) groups excluding carboxylic acids is 2. The molecule has 0 spiro atoms. The first-order valence-electron chi connectivity index (χ1n) is 14.6. The number of aromatic nitrogens is 2. The van der Waals surface area contributed by atoms with E-state index in [9.17, 15) is 9.59 Å². The molecule has 2 aromatic carbocycles. The van der Waals surface area contributed by atoms with Crippen molar-refractivity contribution in [2.75, 3.05) is 61.0 Å². The number of halogens is 4. The Balaban J connectivity index is 0.000000215. The van der Waals surface area contributed by atoms with Crippen LogP contribution < -0.4 is 27.4 Å². The van der Waals surface area contributed by atoms with Gasteiger partial charge in [0.2, 0.25) is 11.8 Å². The first-order chi connectivity index (χ1) is 21.5. The minimum Gasteiger partial charge on any atom is -0.384 e. The van der Waals surface area contributed by atoms with Crippen molar-refractivity contribution in [1.29, 1.82) is 0 Å². The second-order valence-corrected chi connectivity index (χ2v) is 12.7. The maximum Gasteiger partial charge on any atom is 0.241 e. The molecule has 0 aliphatic carbocycles. The number of nitrogens with two attached hydrogens (primary N) is 2. The normalized spacial score (nSPS) is 18.0. The molecule has 3 heterocycles. The third kappa shape index (κ3) is 11.6. The summed E-state index contributed by atoms with van der Waals surface area (Å²) in [7, 11) is 0. The summed E-state index contributed by atoms with van der Waals surface area (Å²) in [4.78, 5) is 36.2. The topological polar surface area (TPSA) is 155 Å². The van der Waals surface area contributed by atoms with Gasteiger partial charge in [0.1, 0.15) is 18.0 Å². The average Bonchev–Trinajstić information content (AvgIpc) is 2.98. The van der Waals surface area contributed by atoms with Crippen LogP contribution in [0.1, 0.15) is 25.7 Å². The van der Waals surface area contributed by atoms with Gasteiger partial charge >= 0.3 is 0 Å². The van der Waals surface area contributed by atoms with E-state index in [0.29, 0.717) is 44.8 Å². The molecule has 2 fully saturated rings. The fourth-order valence-corrected chi connectivity index (χ4v) is 6.16. The van der Waals surface area contributed by atoms with Crippen molar-refractivity contribution in [1.82, 2.24) is 19.8 Å². The van der Waals surface area contributed by atoms with Gasteiger partial charge in [-0.15, -0.1) is 0 Å². The molecule has 5 rings (SSSR count). The summed E-state index contributed by atoms with van der Waals surface area (Å²) in [6.07, 6.45) is 5.26. The quantitative estimate of drug-likeness (QED) is 0.213. The van der Waals surface area contributed by atoms with E-state index in [4.69, 9.17) is 57.9 Å². The second kappa shape index (κ2) is 16.9. The van der Waals surface area contributed by atoms with Gasteiger partial charge in [0.05, 0.1) is 13.1 Å². The molecule has 1 aromatic heterocycles. The molecule has 11 nitrogen and oxygen atoms in total. The summed E-state index contributed by atoms with van der Waals surface area (Å²) < 4.78 is 0. The molecule has 3 aromatic rings. The zero-order chi connectivity index (χ0) is 32.3. The fraction of sp³-hybridized carbons (Fsp3) is 0.400. The molecule has 0 bridgehead atoms. The van der Waals surface area contributed by atoms with E-state index in [1.165, 1.54) is 6.33 Å². The predicted octanol–water partition coefficient (Wildman–Crippen LogP) is 5.24. The number of hydrogen-bond acceptors (Lipinski definition) is 9. The number of anilines is 4. The van der Waals surface area contributed by atoms with Crippen molar-refractivity contribution in [3.8, 4) is 0 Å². The van der Waals surface area contributed by atoms with Crippen LogP contribution in [0.3, 0.4) is 0 Å². The van der Waals surface area contributed by atoms with E-state index in [1.54, 1.807) is 47.4 Å². The molecule has 2 atom stereocenters. The Morgan fingerprint density at radius 3 is 1.78 bits per heavy atom. The van der Waals surface area contributed by atoms with E-state index < -0.39 is 0 Å². The zero-order valence-electron chi connectivity index (χ0n) is 24.6. The summed E-state index contributed by atoms with van der Waals surface area (Å²) >= 11 is 23.7. The van der Waals surface area contributed by atoms with Crippen LogP contribution in [0.5, 0.6) is 0 Å². The monoisotopic (exact) mass is 695 g/mol. The summed E-state index contributed by atoms with van der Waals surface area (Å²) in [6, 6.07) is 12.2. The van der Waals surface area contributed by atoms with Gasteiger partial charge < -0.3 is 37.2 Å². The van der Waals surface area contributed by atoms with Gasteiger partial charge in [0.15, 0.2) is 0 Å². The van der Waals surface area contributed by atoms with E-state index in [0.717, 1.165) is 50.1 Å². The standard InChI is InChI=1S/C17H20Cl2N6O.C13H17Cl2N3O/c18-11-4-12(19)6-14(5-11)21-8-17(26)25-3-1-2-13(9-25)24-16-7-15(20)22-10-23-16;14-9-4-10(15)6-12(5-9)17-7-13(19)18-3-1-2-11(16)8-18/h4-7,10,13,21H,1-3,8-9H2,(H3,20,22,23,24);4-6,11,17H,1-3,7-8,16H2/t13-;11-/m00/s1. The Bertz CT molecular complexity index is 1420. The van der Waals surface area contributed by atoms with Crippen LogP contribution in [0.4, 0.5) is 23.0 Å². The number of likely N-dealkylation sites (tertiary alicyclic amines) is 2. The summed E-state index contributed by atoms with van der Waals surface area (Å²) in [5.41, 5.74) is 13.0. The van der Waals surface area contributed by atoms with E-state index in [-0.39, 0.29) is 37.0 Å². The van der Waals surface area contributed by atoms with E-state index in [1.807, 2.05) is 4.90 Å². The van der Waals surface area contributed by atoms with Crippen molar-refractivity contribution in [2.45, 2.75) is 37.8 Å². The van der Waals surface area contributed by atoms with Crippen LogP contribution in [0.15, 0.2) is 48.8 Å². The first-order valence-corrected chi connectivity index (χ1v) is 16.1. The largest absolute Gasteiger partial charge is 0.384 e. The lowest BCUT2D eigenvalue weighted by Crippen LogP contribution is -2.47. The molecule has 242 valence electrons. The Labute approximate surface area is 282 Å². The van der Waals surface area contributed by atoms with E-state index in [2.05, 4.69) is 25.9 Å². The summed E-state index contributed by atoms with van der Waals surface area (Å²) in [6.45, 7) is 3.18. The molecule has 15 heteroatoms. The molecule has 7 N–H and O–H groups in total. The molecule has 2 amide bonds. The van der Waals surface area contributed by atoms with Crippen molar-refractivity contribution in [3.63, 3.8) is 0 Å². The lowest BCUT2D eigenvalue weighted by Gasteiger charge is -2.33. The Morgan fingerprint density at radius 1 is 0.756 bits per heavy atom. The molecular weight excluding hydrogens is 660 g/mol. The molecule has 0 unspecified atom stereocenters. The van der Waals surface area contributed by atoms with Crippen LogP contribution in [0.2, 0.25) is 20.1 Å². The molecule has 45 heavy (non-hydrogen) atoms. The summed E-state index contributed by atoms with van der Waals surface area (Å²) in [5, 5.41) is 11.6. The van der Waals surface area contributed by atoms with Gasteiger partial charge in [-0.3, -0.25) is 9.59 Å². The van der Waals surface area contributed by atoms with Gasteiger partial charge in [-0.1, -0.05) is 46.4 Å². The van der Waals surface area contributed by atoms with Crippen LogP contribution in [-0.2, 0) is 9.59 Å². The number of nitrogen functional groups attached to an aromatic ring is 1. The van der Waals surface area contributed by atoms with Gasteiger partial charge in [-0.25, -0.2) is 9.97 Å². The SMILES string of the molecule is N[C@H]1CCCN(C(=O)CNc2cc(Cl)cc(Cl)c2)C1.Nc1cc(N[C@H]2CCCN(C(=O)CNc3cc(Cl)cc(Cl)c3)C2)ncn1. The third-order valence-corrected chi connectivity index (χ3v) is 8.11. The minimum atomic E-state index is 0.0230. The van der Waals surface area contributed by atoms with Crippen LogP contribution in [0, 0.1) is 0 Å². The Kier molecular flexibility index (Phi) is 13.0. The number of carbonyl (C=O) groups is 2. The third-order valence-electron chi connectivity index (χ3n) is 7.24. The highest BCUT2D eigenvalue weighted by molar-refractivity contribution is 6.35. The second-order valence-electron chi connectivity index (χ2n) is 10.9. The Hall–Kier alpha value is -3.22. The number of nitrogens with one attached hydrogen (secondary N) is 3. The van der Waals surface area contributed by atoms with Gasteiger partial charge in [0, 0.05) is 75.8 Å². The maximum absolute atomic E-state index is 12.5. The average molecular weight is 697 g/mol. The summed E-state index contributed by atoms with van der Waals surface area (Å²) in [5.74, 6) is 1.15. The highest BCUT2D eigenvalue weighted by Crippen LogP contribution is 2.24. The Morgan fingerprint density at radius 2 is 1.27 bits per heavy atom. The molecule has 0 saturated carbocycles. The highest BCUT2D eigenvalue weighted by atomic mass is 35.5. The number of rotatable bonds is 8.